The van der Waals surface area contributed by atoms with E-state index in [-0.39, 0.29) is 17.8 Å². The van der Waals surface area contributed by atoms with Crippen LogP contribution in [0.5, 0.6) is 0 Å². The van der Waals surface area contributed by atoms with Crippen LogP contribution in [-0.4, -0.2) is 17.8 Å². The van der Waals surface area contributed by atoms with E-state index in [0.29, 0.717) is 11.3 Å². The molecule has 0 radical (unpaired) electrons. The van der Waals surface area contributed by atoms with Gasteiger partial charge in [-0.15, -0.1) is 0 Å². The van der Waals surface area contributed by atoms with Crippen LogP contribution in [0.1, 0.15) is 21.5 Å². The highest BCUT2D eigenvalue weighted by Crippen LogP contribution is 2.23. The number of aryl methyl sites for hydroxylation is 2. The molecule has 0 atom stereocenters. The molecule has 0 aliphatic carbocycles. The molecule has 0 fully saturated rings. The molecule has 0 heterocycles. The average Bonchev–Trinajstić information content (AvgIpc) is 2.50. The molecule has 7 N–H and O–H groups in total. The number of para-hydroxylation sites is 2. The second kappa shape index (κ2) is 7.28. The van der Waals surface area contributed by atoms with E-state index in [4.69, 9.17) is 17.2 Å². The third-order valence-corrected chi connectivity index (χ3v) is 3.35. The van der Waals surface area contributed by atoms with Gasteiger partial charge in [-0.1, -0.05) is 30.3 Å². The minimum absolute atomic E-state index is 0.123. The SMILES string of the molecule is Cc1cccc(C)c1NC(=O)c1ccccc1N=C(N)N=C(N)N. The molecule has 0 saturated carbocycles. The largest absolute Gasteiger partial charge is 0.370 e. The van der Waals surface area contributed by atoms with Crippen LogP contribution in [-0.2, 0) is 0 Å². The maximum absolute atomic E-state index is 12.6. The van der Waals surface area contributed by atoms with Crippen molar-refractivity contribution >= 4 is 29.2 Å². The summed E-state index contributed by atoms with van der Waals surface area (Å²) in [4.78, 5) is 20.4. The first-order valence-electron chi connectivity index (χ1n) is 7.29. The molecule has 124 valence electrons. The Bertz CT molecular complexity index is 801. The van der Waals surface area contributed by atoms with E-state index in [2.05, 4.69) is 15.3 Å². The van der Waals surface area contributed by atoms with Crippen molar-refractivity contribution in [1.82, 2.24) is 0 Å². The molecule has 2 aromatic carbocycles. The Balaban J connectivity index is 2.36. The summed E-state index contributed by atoms with van der Waals surface area (Å²) in [6, 6.07) is 12.6. The predicted octanol–water partition coefficient (Wildman–Crippen LogP) is 1.78. The molecule has 0 saturated heterocycles. The number of nitrogens with one attached hydrogen (secondary N) is 1. The normalized spacial score (nSPS) is 11.0. The van der Waals surface area contributed by atoms with Crippen LogP contribution in [0.2, 0.25) is 0 Å². The molecule has 0 bridgehead atoms. The molecule has 2 aromatic rings. The van der Waals surface area contributed by atoms with Crippen molar-refractivity contribution in [2.45, 2.75) is 13.8 Å². The lowest BCUT2D eigenvalue weighted by Gasteiger charge is -2.12. The maximum Gasteiger partial charge on any atom is 0.257 e. The molecule has 0 aliphatic rings. The zero-order valence-electron chi connectivity index (χ0n) is 13.6. The van der Waals surface area contributed by atoms with Gasteiger partial charge in [0.15, 0.2) is 5.96 Å². The van der Waals surface area contributed by atoms with Gasteiger partial charge in [0.25, 0.3) is 5.91 Å². The summed E-state index contributed by atoms with van der Waals surface area (Å²) in [6.07, 6.45) is 0. The molecule has 2 rings (SSSR count). The Kier molecular flexibility index (Phi) is 5.16. The smallest absolute Gasteiger partial charge is 0.257 e. The number of carbonyl (C=O) groups excluding carboxylic acids is 1. The van der Waals surface area contributed by atoms with Crippen molar-refractivity contribution in [3.05, 3.63) is 59.2 Å². The fourth-order valence-corrected chi connectivity index (χ4v) is 2.24. The summed E-state index contributed by atoms with van der Waals surface area (Å²) < 4.78 is 0. The quantitative estimate of drug-likeness (QED) is 0.506. The van der Waals surface area contributed by atoms with E-state index in [0.717, 1.165) is 16.8 Å². The number of anilines is 1. The van der Waals surface area contributed by atoms with Gasteiger partial charge in [0.05, 0.1) is 11.3 Å². The minimum Gasteiger partial charge on any atom is -0.370 e. The van der Waals surface area contributed by atoms with Crippen LogP contribution in [0.3, 0.4) is 0 Å². The van der Waals surface area contributed by atoms with Gasteiger partial charge in [-0.05, 0) is 37.1 Å². The summed E-state index contributed by atoms with van der Waals surface area (Å²) in [5.41, 5.74) is 19.7. The lowest BCUT2D eigenvalue weighted by molar-refractivity contribution is 0.102. The van der Waals surface area contributed by atoms with Gasteiger partial charge in [-0.2, -0.15) is 4.99 Å². The zero-order valence-corrected chi connectivity index (χ0v) is 13.6. The van der Waals surface area contributed by atoms with Gasteiger partial charge < -0.3 is 22.5 Å². The van der Waals surface area contributed by atoms with Gasteiger partial charge in [0.2, 0.25) is 5.96 Å². The maximum atomic E-state index is 12.6. The first kappa shape index (κ1) is 17.0. The number of aliphatic imine (C=N–C) groups is 2. The van der Waals surface area contributed by atoms with Crippen LogP contribution in [0.4, 0.5) is 11.4 Å². The molecule has 0 aromatic heterocycles. The summed E-state index contributed by atoms with van der Waals surface area (Å²) >= 11 is 0. The van der Waals surface area contributed by atoms with Gasteiger partial charge >= 0.3 is 0 Å². The number of nitrogens with zero attached hydrogens (tertiary/aromatic N) is 2. The van der Waals surface area contributed by atoms with E-state index in [9.17, 15) is 4.79 Å². The number of carbonyl (C=O) groups is 1. The molecular formula is C17H20N6O. The minimum atomic E-state index is -0.288. The molecule has 7 nitrogen and oxygen atoms in total. The number of hydrogen-bond donors (Lipinski definition) is 4. The Hall–Kier alpha value is -3.35. The molecule has 0 spiro atoms. The van der Waals surface area contributed by atoms with E-state index in [1.165, 1.54) is 0 Å². The van der Waals surface area contributed by atoms with Gasteiger partial charge in [-0.25, -0.2) is 4.99 Å². The van der Waals surface area contributed by atoms with Crippen molar-refractivity contribution in [3.63, 3.8) is 0 Å². The summed E-state index contributed by atoms with van der Waals surface area (Å²) in [6.45, 7) is 3.87. The standard InChI is InChI=1S/C17H20N6O/c1-10-6-5-7-11(2)14(10)22-15(24)12-8-3-4-9-13(12)21-17(20)23-16(18)19/h3-9H,1-2H3,(H,22,24)(H6,18,19,20,21,23). The summed E-state index contributed by atoms with van der Waals surface area (Å²) in [5, 5.41) is 2.91. The fraction of sp³-hybridized carbons (Fsp3) is 0.118. The van der Waals surface area contributed by atoms with Crippen molar-refractivity contribution < 1.29 is 4.79 Å². The second-order valence-electron chi connectivity index (χ2n) is 5.24. The van der Waals surface area contributed by atoms with E-state index < -0.39 is 0 Å². The molecule has 7 heteroatoms. The first-order chi connectivity index (χ1) is 11.4. The highest BCUT2D eigenvalue weighted by molar-refractivity contribution is 6.09. The zero-order chi connectivity index (χ0) is 17.7. The average molecular weight is 324 g/mol. The highest BCUT2D eigenvalue weighted by atomic mass is 16.1. The molecule has 0 aliphatic heterocycles. The number of benzene rings is 2. The third kappa shape index (κ3) is 4.10. The number of rotatable bonds is 3. The van der Waals surface area contributed by atoms with E-state index in [1.807, 2.05) is 32.0 Å². The Labute approximate surface area is 140 Å². The Morgan fingerprint density at radius 2 is 1.58 bits per heavy atom. The monoisotopic (exact) mass is 324 g/mol. The number of guanidine groups is 2. The topological polar surface area (TPSA) is 132 Å². The van der Waals surface area contributed by atoms with Crippen LogP contribution in [0, 0.1) is 13.8 Å². The van der Waals surface area contributed by atoms with Gasteiger partial charge in [-0.3, -0.25) is 4.79 Å². The van der Waals surface area contributed by atoms with Crippen molar-refractivity contribution in [3.8, 4) is 0 Å². The Morgan fingerprint density at radius 3 is 2.21 bits per heavy atom. The lowest BCUT2D eigenvalue weighted by atomic mass is 10.1. The van der Waals surface area contributed by atoms with Crippen molar-refractivity contribution in [2.75, 3.05) is 5.32 Å². The van der Waals surface area contributed by atoms with Gasteiger partial charge in [0.1, 0.15) is 0 Å². The molecule has 1 amide bonds. The van der Waals surface area contributed by atoms with Crippen LogP contribution < -0.4 is 22.5 Å². The first-order valence-corrected chi connectivity index (χ1v) is 7.29. The Morgan fingerprint density at radius 1 is 0.958 bits per heavy atom. The molecule has 0 unspecified atom stereocenters. The van der Waals surface area contributed by atoms with Crippen LogP contribution in [0.15, 0.2) is 52.4 Å². The van der Waals surface area contributed by atoms with Crippen LogP contribution in [0.25, 0.3) is 0 Å². The number of hydrogen-bond acceptors (Lipinski definition) is 2. The van der Waals surface area contributed by atoms with Crippen molar-refractivity contribution in [2.24, 2.45) is 27.2 Å². The summed E-state index contributed by atoms with van der Waals surface area (Å²) in [7, 11) is 0. The number of amides is 1. The molecule has 24 heavy (non-hydrogen) atoms. The van der Waals surface area contributed by atoms with E-state index in [1.54, 1.807) is 24.3 Å². The van der Waals surface area contributed by atoms with E-state index >= 15 is 0 Å². The fourth-order valence-electron chi connectivity index (χ4n) is 2.24. The lowest BCUT2D eigenvalue weighted by Crippen LogP contribution is -2.26. The van der Waals surface area contributed by atoms with Crippen LogP contribution >= 0.6 is 0 Å². The summed E-state index contributed by atoms with van der Waals surface area (Å²) in [5.74, 6) is -0.611. The third-order valence-electron chi connectivity index (χ3n) is 3.35. The number of nitrogens with two attached hydrogens (primary N) is 3. The van der Waals surface area contributed by atoms with Gasteiger partial charge in [0, 0.05) is 5.69 Å². The van der Waals surface area contributed by atoms with Crippen molar-refractivity contribution in [1.29, 1.82) is 0 Å². The second-order valence-corrected chi connectivity index (χ2v) is 5.24. The molecular weight excluding hydrogens is 304 g/mol. The predicted molar refractivity (Wildman–Crippen MR) is 97.4 cm³/mol. The highest BCUT2D eigenvalue weighted by Gasteiger charge is 2.13.